The third kappa shape index (κ3) is 4.40. The Labute approximate surface area is 171 Å². The molecular formula is C15H14N10O4S. The first-order chi connectivity index (χ1) is 14.5. The summed E-state index contributed by atoms with van der Waals surface area (Å²) in [6.45, 7) is -0.199. The zero-order chi connectivity index (χ0) is 21.1. The summed E-state index contributed by atoms with van der Waals surface area (Å²) in [6, 6.07) is 0. The quantitative estimate of drug-likeness (QED) is 0.257. The molecule has 2 N–H and O–H groups in total. The van der Waals surface area contributed by atoms with Gasteiger partial charge in [-0.25, -0.2) is 24.3 Å². The van der Waals surface area contributed by atoms with Crippen LogP contribution in [-0.2, 0) is 35.0 Å². The number of fused-ring (bicyclic) bond motifs is 1. The summed E-state index contributed by atoms with van der Waals surface area (Å²) in [5, 5.41) is 33.7. The summed E-state index contributed by atoms with van der Waals surface area (Å²) < 4.78 is 4.25. The summed E-state index contributed by atoms with van der Waals surface area (Å²) in [4.78, 5) is 34.4. The molecule has 30 heavy (non-hydrogen) atoms. The number of aromatic nitrogens is 10. The predicted octanol–water partition coefficient (Wildman–Crippen LogP) is -0.481. The molecular weight excluding hydrogens is 416 g/mol. The molecule has 0 spiro atoms. The van der Waals surface area contributed by atoms with Gasteiger partial charge in [-0.3, -0.25) is 9.59 Å². The largest absolute Gasteiger partial charge is 0.480 e. The second-order valence-electron chi connectivity index (χ2n) is 6.11. The van der Waals surface area contributed by atoms with Gasteiger partial charge in [0.1, 0.15) is 35.7 Å². The smallest absolute Gasteiger partial charge is 0.325 e. The molecule has 4 rings (SSSR count). The van der Waals surface area contributed by atoms with E-state index in [0.29, 0.717) is 39.9 Å². The molecule has 14 nitrogen and oxygen atoms in total. The number of hydrogen-bond acceptors (Lipinski definition) is 10. The van der Waals surface area contributed by atoms with Crippen molar-refractivity contribution < 1.29 is 19.8 Å². The Morgan fingerprint density at radius 1 is 0.933 bits per heavy atom. The molecule has 15 heteroatoms. The first-order valence-corrected chi connectivity index (χ1v) is 9.46. The fourth-order valence-electron chi connectivity index (χ4n) is 2.64. The lowest BCUT2D eigenvalue weighted by molar-refractivity contribution is -0.139. The molecule has 0 atom stereocenters. The standard InChI is InChI=1S/C15H14N10O4S/c26-11(27)4-24-2-9(19-21-24)1-23-8-18-13-14(23)16-7-17-15(13)30-6-10-3-25(22-20-10)5-12(28)29/h2-3,7-8H,1,4-6H2,(H,26,27)(H,28,29). The lowest BCUT2D eigenvalue weighted by atomic mass is 10.4. The third-order valence-corrected chi connectivity index (χ3v) is 4.84. The van der Waals surface area contributed by atoms with E-state index in [0.717, 1.165) is 0 Å². The first kappa shape index (κ1) is 19.4. The van der Waals surface area contributed by atoms with Crippen molar-refractivity contribution in [3.8, 4) is 0 Å². The summed E-state index contributed by atoms with van der Waals surface area (Å²) >= 11 is 1.38. The van der Waals surface area contributed by atoms with Crippen molar-refractivity contribution >= 4 is 34.9 Å². The average Bonchev–Trinajstić information content (AvgIpc) is 3.41. The third-order valence-electron chi connectivity index (χ3n) is 3.82. The molecule has 4 heterocycles. The first-order valence-electron chi connectivity index (χ1n) is 8.48. The summed E-state index contributed by atoms with van der Waals surface area (Å²) in [6.07, 6.45) is 6.14. The van der Waals surface area contributed by atoms with Crippen LogP contribution in [0.15, 0.2) is 30.1 Å². The van der Waals surface area contributed by atoms with Gasteiger partial charge in [0.15, 0.2) is 5.65 Å². The molecule has 0 aliphatic heterocycles. The molecule has 0 saturated heterocycles. The van der Waals surface area contributed by atoms with Gasteiger partial charge in [0, 0.05) is 11.9 Å². The number of carboxylic acid groups (broad SMARTS) is 2. The summed E-state index contributed by atoms with van der Waals surface area (Å²) in [7, 11) is 0. The average molecular weight is 430 g/mol. The van der Waals surface area contributed by atoms with Gasteiger partial charge in [0.05, 0.1) is 24.8 Å². The number of aliphatic carboxylic acids is 2. The van der Waals surface area contributed by atoms with Gasteiger partial charge in [0.25, 0.3) is 0 Å². The van der Waals surface area contributed by atoms with Crippen molar-refractivity contribution in [3.05, 3.63) is 36.4 Å². The molecule has 0 aromatic carbocycles. The lowest BCUT2D eigenvalue weighted by Crippen LogP contribution is -2.09. The van der Waals surface area contributed by atoms with E-state index in [9.17, 15) is 9.59 Å². The number of thioether (sulfide) groups is 1. The molecule has 4 aromatic heterocycles. The van der Waals surface area contributed by atoms with Gasteiger partial charge in [-0.05, 0) is 0 Å². The van der Waals surface area contributed by atoms with E-state index in [1.165, 1.54) is 27.5 Å². The number of rotatable bonds is 9. The molecule has 0 radical (unpaired) electrons. The highest BCUT2D eigenvalue weighted by Gasteiger charge is 2.14. The van der Waals surface area contributed by atoms with E-state index in [1.54, 1.807) is 23.3 Å². The van der Waals surface area contributed by atoms with Crippen LogP contribution in [0.3, 0.4) is 0 Å². The molecule has 4 aromatic rings. The van der Waals surface area contributed by atoms with Crippen LogP contribution in [-0.4, -0.2) is 71.7 Å². The molecule has 0 unspecified atom stereocenters. The Morgan fingerprint density at radius 3 is 2.30 bits per heavy atom. The maximum Gasteiger partial charge on any atom is 0.325 e. The van der Waals surface area contributed by atoms with Crippen LogP contribution in [0.2, 0.25) is 0 Å². The zero-order valence-corrected chi connectivity index (χ0v) is 16.0. The maximum absolute atomic E-state index is 10.8. The zero-order valence-electron chi connectivity index (χ0n) is 15.2. The molecule has 154 valence electrons. The van der Waals surface area contributed by atoms with Gasteiger partial charge >= 0.3 is 11.9 Å². The minimum absolute atomic E-state index is 0.253. The Kier molecular flexibility index (Phi) is 5.34. The summed E-state index contributed by atoms with van der Waals surface area (Å²) in [5.74, 6) is -1.57. The van der Waals surface area contributed by atoms with Crippen molar-refractivity contribution in [2.45, 2.75) is 30.4 Å². The highest BCUT2D eigenvalue weighted by molar-refractivity contribution is 7.98. The summed E-state index contributed by atoms with van der Waals surface area (Å²) in [5.41, 5.74) is 2.37. The Bertz CT molecular complexity index is 1220. The highest BCUT2D eigenvalue weighted by atomic mass is 32.2. The minimum Gasteiger partial charge on any atom is -0.480 e. The van der Waals surface area contributed by atoms with Crippen LogP contribution in [0.4, 0.5) is 0 Å². The van der Waals surface area contributed by atoms with Crippen LogP contribution in [0.25, 0.3) is 11.2 Å². The van der Waals surface area contributed by atoms with Gasteiger partial charge in [-0.15, -0.1) is 10.2 Å². The fourth-order valence-corrected chi connectivity index (χ4v) is 3.46. The van der Waals surface area contributed by atoms with Crippen LogP contribution in [0.1, 0.15) is 11.4 Å². The Morgan fingerprint density at radius 2 is 1.60 bits per heavy atom. The number of imidazole rings is 1. The van der Waals surface area contributed by atoms with E-state index in [-0.39, 0.29) is 13.1 Å². The lowest BCUT2D eigenvalue weighted by Gasteiger charge is -2.02. The second kappa shape index (κ2) is 8.24. The SMILES string of the molecule is O=C(O)Cn1cc(CSc2ncnc3c2ncn3Cc2cn(CC(=O)O)nn2)nn1. The predicted molar refractivity (Wildman–Crippen MR) is 99.3 cm³/mol. The van der Waals surface area contributed by atoms with Gasteiger partial charge in [0.2, 0.25) is 0 Å². The number of nitrogens with zero attached hydrogens (tertiary/aromatic N) is 10. The van der Waals surface area contributed by atoms with E-state index in [4.69, 9.17) is 10.2 Å². The monoisotopic (exact) mass is 430 g/mol. The van der Waals surface area contributed by atoms with Gasteiger partial charge < -0.3 is 14.8 Å². The molecule has 0 aliphatic rings. The molecule has 0 amide bonds. The van der Waals surface area contributed by atoms with Crippen molar-refractivity contribution in [2.75, 3.05) is 0 Å². The van der Waals surface area contributed by atoms with Crippen LogP contribution < -0.4 is 0 Å². The normalized spacial score (nSPS) is 11.2. The van der Waals surface area contributed by atoms with Crippen LogP contribution in [0, 0.1) is 0 Å². The van der Waals surface area contributed by atoms with E-state index >= 15 is 0 Å². The number of carboxylic acids is 2. The van der Waals surface area contributed by atoms with E-state index in [1.807, 2.05) is 0 Å². The molecule has 0 bridgehead atoms. The minimum atomic E-state index is -1.00. The number of hydrogen-bond donors (Lipinski definition) is 2. The molecule has 0 fully saturated rings. The topological polar surface area (TPSA) is 180 Å². The number of carbonyl (C=O) groups is 2. The highest BCUT2D eigenvalue weighted by Crippen LogP contribution is 2.26. The maximum atomic E-state index is 10.8. The van der Waals surface area contributed by atoms with Crippen LogP contribution in [0.5, 0.6) is 0 Å². The van der Waals surface area contributed by atoms with Crippen molar-refractivity contribution in [3.63, 3.8) is 0 Å². The Balaban J connectivity index is 1.47. The van der Waals surface area contributed by atoms with Crippen molar-refractivity contribution in [1.29, 1.82) is 0 Å². The molecule has 0 saturated carbocycles. The molecule has 0 aliphatic carbocycles. The van der Waals surface area contributed by atoms with E-state index in [2.05, 4.69) is 35.6 Å². The van der Waals surface area contributed by atoms with Crippen LogP contribution >= 0.6 is 11.8 Å². The Hall–Kier alpha value is -3.88. The van der Waals surface area contributed by atoms with Gasteiger partial charge in [-0.1, -0.05) is 22.2 Å². The van der Waals surface area contributed by atoms with Crippen molar-refractivity contribution in [2.24, 2.45) is 0 Å². The van der Waals surface area contributed by atoms with E-state index < -0.39 is 11.9 Å². The van der Waals surface area contributed by atoms with Crippen molar-refractivity contribution in [1.82, 2.24) is 49.5 Å². The fraction of sp³-hybridized carbons (Fsp3) is 0.267. The second-order valence-corrected chi connectivity index (χ2v) is 7.08. The van der Waals surface area contributed by atoms with Gasteiger partial charge in [-0.2, -0.15) is 0 Å².